The number of anilines is 3. The standard InChI is InChI=1S/C28H17F5N8O2S.C7H12FN.C2H6/c1-42-27-39-21-18-22(43-5-4-41(26(18)40-27)10-12-6-11(7-34)9-38-24(12)36)19(28(31,32)33)17(20(21)30)13-2-3-15(29)23-16(13)14(8-35)25(37)44-23;8-6-4-7-2-1-3-9(7)5-6;1-2/h2-3,6,9H,4-5,10,37H2,1H3,(H2,36,38);6-7H,1-5H2;1-2H3. The van der Waals surface area contributed by atoms with Gasteiger partial charge in [0.25, 0.3) is 0 Å². The summed E-state index contributed by atoms with van der Waals surface area (Å²) in [7, 11) is 1.20. The first-order valence-corrected chi connectivity index (χ1v) is 18.2. The van der Waals surface area contributed by atoms with Crippen LogP contribution >= 0.6 is 11.3 Å². The van der Waals surface area contributed by atoms with E-state index in [1.54, 1.807) is 6.07 Å². The first-order valence-electron chi connectivity index (χ1n) is 17.3. The molecule has 8 rings (SSSR count). The molecule has 4 N–H and O–H groups in total. The molecule has 3 aliphatic heterocycles. The van der Waals surface area contributed by atoms with E-state index in [4.69, 9.17) is 20.9 Å². The van der Waals surface area contributed by atoms with Crippen molar-refractivity contribution in [3.05, 3.63) is 58.3 Å². The molecular weight excluding hydrogens is 749 g/mol. The van der Waals surface area contributed by atoms with Gasteiger partial charge in [-0.1, -0.05) is 19.9 Å². The van der Waals surface area contributed by atoms with E-state index < -0.39 is 57.3 Å². The van der Waals surface area contributed by atoms with E-state index in [1.165, 1.54) is 37.1 Å². The van der Waals surface area contributed by atoms with Crippen molar-refractivity contribution in [2.75, 3.05) is 49.7 Å². The van der Waals surface area contributed by atoms with Crippen molar-refractivity contribution in [2.45, 2.75) is 58.0 Å². The maximum absolute atomic E-state index is 16.7. The zero-order valence-electron chi connectivity index (χ0n) is 29.9. The van der Waals surface area contributed by atoms with Crippen molar-refractivity contribution in [3.8, 4) is 35.0 Å². The lowest BCUT2D eigenvalue weighted by Crippen LogP contribution is -2.28. The summed E-state index contributed by atoms with van der Waals surface area (Å²) < 4.78 is 99.9. The topological polar surface area (TPSA) is 163 Å². The van der Waals surface area contributed by atoms with Crippen molar-refractivity contribution in [3.63, 3.8) is 0 Å². The van der Waals surface area contributed by atoms with Gasteiger partial charge in [-0.25, -0.2) is 18.2 Å². The smallest absolute Gasteiger partial charge is 0.420 e. The molecule has 0 radical (unpaired) electrons. The zero-order valence-corrected chi connectivity index (χ0v) is 30.7. The highest BCUT2D eigenvalue weighted by Gasteiger charge is 2.44. The maximum atomic E-state index is 16.7. The van der Waals surface area contributed by atoms with Gasteiger partial charge in [-0.2, -0.15) is 33.7 Å². The molecule has 0 saturated carbocycles. The number of nitrogen functional groups attached to an aromatic ring is 2. The van der Waals surface area contributed by atoms with Crippen molar-refractivity contribution in [2.24, 2.45) is 0 Å². The van der Waals surface area contributed by atoms with Gasteiger partial charge in [0.1, 0.15) is 64.2 Å². The molecule has 2 unspecified atom stereocenters. The van der Waals surface area contributed by atoms with Gasteiger partial charge in [0.05, 0.1) is 34.9 Å². The van der Waals surface area contributed by atoms with Crippen LogP contribution in [0.5, 0.6) is 11.8 Å². The van der Waals surface area contributed by atoms with Gasteiger partial charge in [0.15, 0.2) is 5.82 Å². The van der Waals surface area contributed by atoms with Gasteiger partial charge < -0.3 is 25.8 Å². The largest absolute Gasteiger partial charge is 0.490 e. The van der Waals surface area contributed by atoms with Gasteiger partial charge in [0, 0.05) is 41.8 Å². The molecule has 2 fully saturated rings. The molecule has 0 bridgehead atoms. The summed E-state index contributed by atoms with van der Waals surface area (Å²) in [5, 5.41) is 18.2. The Morgan fingerprint density at radius 1 is 1.09 bits per heavy atom. The number of pyridine rings is 1. The number of ether oxygens (including phenoxy) is 2. The number of fused-ring (bicyclic) bond motifs is 2. The van der Waals surface area contributed by atoms with Gasteiger partial charge in [0.2, 0.25) is 0 Å². The van der Waals surface area contributed by atoms with E-state index in [0.717, 1.165) is 25.1 Å². The van der Waals surface area contributed by atoms with Crippen LogP contribution in [-0.4, -0.2) is 65.4 Å². The number of thiophene rings is 1. The van der Waals surface area contributed by atoms with Crippen LogP contribution in [0.4, 0.5) is 43.0 Å². The second-order valence-corrected chi connectivity index (χ2v) is 13.7. The number of nitriles is 2. The zero-order chi connectivity index (χ0) is 39.8. The SMILES string of the molecule is CC.COc1nc2c3c(c(C(F)(F)F)c(-c4ccc(F)c5sc(N)c(C#N)c45)c(F)c3n1)OCCN2Cc1cc(C#N)cnc1N.FC1CC2CCCN2C1. The number of nitrogens with zero attached hydrogens (tertiary/aromatic N) is 7. The fraction of sp³-hybridized carbons (Fsp3) is 0.378. The Bertz CT molecular complexity index is 2350. The Morgan fingerprint density at radius 3 is 2.53 bits per heavy atom. The molecular formula is C37H35F6N9O2S. The average molecular weight is 784 g/mol. The Balaban J connectivity index is 0.000000402. The van der Waals surface area contributed by atoms with Crippen LogP contribution in [0.15, 0.2) is 24.4 Å². The molecule has 55 heavy (non-hydrogen) atoms. The minimum atomic E-state index is -5.21. The van der Waals surface area contributed by atoms with Crippen LogP contribution in [0, 0.1) is 34.3 Å². The summed E-state index contributed by atoms with van der Waals surface area (Å²) in [6.45, 7) is 5.40. The molecule has 6 heterocycles. The fourth-order valence-corrected chi connectivity index (χ4v) is 8.17. The molecule has 3 aliphatic rings. The third kappa shape index (κ3) is 7.19. The number of aromatic nitrogens is 3. The predicted molar refractivity (Wildman–Crippen MR) is 196 cm³/mol. The van der Waals surface area contributed by atoms with Crippen LogP contribution in [0.25, 0.3) is 32.1 Å². The molecule has 5 aromatic rings. The highest BCUT2D eigenvalue weighted by Crippen LogP contribution is 2.53. The third-order valence-electron chi connectivity index (χ3n) is 9.52. The number of halogens is 6. The molecule has 2 saturated heterocycles. The van der Waals surface area contributed by atoms with Crippen molar-refractivity contribution < 1.29 is 35.8 Å². The third-order valence-corrected chi connectivity index (χ3v) is 10.6. The maximum Gasteiger partial charge on any atom is 0.420 e. The Morgan fingerprint density at radius 2 is 1.85 bits per heavy atom. The lowest BCUT2D eigenvalue weighted by atomic mass is 9.91. The number of hydrogen-bond acceptors (Lipinski definition) is 12. The van der Waals surface area contributed by atoms with Crippen molar-refractivity contribution in [1.82, 2.24) is 19.9 Å². The monoisotopic (exact) mass is 783 g/mol. The van der Waals surface area contributed by atoms with Crippen molar-refractivity contribution >= 4 is 49.0 Å². The summed E-state index contributed by atoms with van der Waals surface area (Å²) >= 11 is 0.657. The Labute approximate surface area is 315 Å². The summed E-state index contributed by atoms with van der Waals surface area (Å²) in [4.78, 5) is 16.1. The summed E-state index contributed by atoms with van der Waals surface area (Å²) in [6, 6.07) is 7.27. The lowest BCUT2D eigenvalue weighted by Gasteiger charge is -2.24. The van der Waals surface area contributed by atoms with Crippen LogP contribution in [0.1, 0.15) is 55.4 Å². The average Bonchev–Trinajstić information content (AvgIpc) is 3.82. The van der Waals surface area contributed by atoms with E-state index in [-0.39, 0.29) is 63.6 Å². The predicted octanol–water partition coefficient (Wildman–Crippen LogP) is 7.74. The Hall–Kier alpha value is -5.59. The van der Waals surface area contributed by atoms with Crippen LogP contribution < -0.4 is 25.8 Å². The number of benzene rings is 2. The summed E-state index contributed by atoms with van der Waals surface area (Å²) in [6.07, 6.45) is -1.13. The van der Waals surface area contributed by atoms with Gasteiger partial charge >= 0.3 is 12.2 Å². The second kappa shape index (κ2) is 15.6. The van der Waals surface area contributed by atoms with E-state index in [0.29, 0.717) is 29.5 Å². The molecule has 3 aromatic heterocycles. The van der Waals surface area contributed by atoms with E-state index >= 15 is 17.6 Å². The van der Waals surface area contributed by atoms with Gasteiger partial charge in [-0.05, 0) is 43.5 Å². The van der Waals surface area contributed by atoms with Gasteiger partial charge in [-0.3, -0.25) is 4.90 Å². The van der Waals surface area contributed by atoms with Crippen molar-refractivity contribution in [1.29, 1.82) is 10.5 Å². The van der Waals surface area contributed by atoms with E-state index in [2.05, 4.69) is 19.9 Å². The van der Waals surface area contributed by atoms with Crippen LogP contribution in [-0.2, 0) is 12.7 Å². The fourth-order valence-electron chi connectivity index (χ4n) is 7.22. The molecule has 0 spiro atoms. The molecule has 0 amide bonds. The number of alkyl halides is 4. The van der Waals surface area contributed by atoms with E-state index in [9.17, 15) is 19.3 Å². The van der Waals surface area contributed by atoms with E-state index in [1.807, 2.05) is 19.9 Å². The Kier molecular flexibility index (Phi) is 11.1. The molecule has 2 atom stereocenters. The van der Waals surface area contributed by atoms with Crippen LogP contribution in [0.3, 0.4) is 0 Å². The highest BCUT2D eigenvalue weighted by molar-refractivity contribution is 7.23. The second-order valence-electron chi connectivity index (χ2n) is 12.7. The minimum absolute atomic E-state index is 0.0468. The summed E-state index contributed by atoms with van der Waals surface area (Å²) in [5.74, 6) is -3.13. The quantitative estimate of drug-likeness (QED) is 0.172. The lowest BCUT2D eigenvalue weighted by molar-refractivity contribution is -0.138. The molecule has 2 aromatic carbocycles. The molecule has 288 valence electrons. The number of rotatable bonds is 4. The number of nitrogens with two attached hydrogens (primary N) is 2. The summed E-state index contributed by atoms with van der Waals surface area (Å²) in [5.41, 5.74) is 8.66. The normalized spacial score (nSPS) is 17.6. The van der Waals surface area contributed by atoms with Crippen LogP contribution in [0.2, 0.25) is 0 Å². The number of hydrogen-bond donors (Lipinski definition) is 2. The first kappa shape index (κ1) is 39.1. The molecule has 11 nitrogen and oxygen atoms in total. The minimum Gasteiger partial charge on any atom is -0.490 e. The molecule has 18 heteroatoms. The highest BCUT2D eigenvalue weighted by atomic mass is 32.1. The van der Waals surface area contributed by atoms with Gasteiger partial charge in [-0.15, -0.1) is 11.3 Å². The first-order chi connectivity index (χ1) is 26.3. The molecule has 0 aliphatic carbocycles. The number of methoxy groups -OCH3 is 1.